The van der Waals surface area contributed by atoms with Gasteiger partial charge in [0.1, 0.15) is 0 Å². The SMILES string of the molecule is c1ccc(P(C[C@@H]2CC(P(c3ccccc3)c3ccccc3)CN2)c2ccccc2)cc1. The lowest BCUT2D eigenvalue weighted by atomic mass is 10.2. The molecule has 0 radical (unpaired) electrons. The van der Waals surface area contributed by atoms with E-state index < -0.39 is 0 Å². The van der Waals surface area contributed by atoms with Crippen molar-refractivity contribution in [3.63, 3.8) is 0 Å². The quantitative estimate of drug-likeness (QED) is 0.389. The van der Waals surface area contributed by atoms with E-state index in [1.165, 1.54) is 33.8 Å². The fraction of sp³-hybridized carbons (Fsp3) is 0.172. The van der Waals surface area contributed by atoms with E-state index in [-0.39, 0.29) is 15.8 Å². The zero-order valence-corrected chi connectivity index (χ0v) is 20.0. The van der Waals surface area contributed by atoms with E-state index in [2.05, 4.69) is 127 Å². The van der Waals surface area contributed by atoms with Gasteiger partial charge in [0, 0.05) is 18.2 Å². The number of benzene rings is 4. The molecule has 0 aliphatic carbocycles. The first-order valence-electron chi connectivity index (χ1n) is 11.4. The van der Waals surface area contributed by atoms with Crippen molar-refractivity contribution in [1.29, 1.82) is 0 Å². The molecule has 0 aromatic heterocycles. The van der Waals surface area contributed by atoms with Crippen molar-refractivity contribution in [3.05, 3.63) is 121 Å². The van der Waals surface area contributed by atoms with Crippen LogP contribution >= 0.6 is 15.8 Å². The molecule has 1 N–H and O–H groups in total. The highest BCUT2D eigenvalue weighted by Gasteiger charge is 2.33. The molecule has 4 aromatic carbocycles. The van der Waals surface area contributed by atoms with E-state index in [1.807, 2.05) is 0 Å². The summed E-state index contributed by atoms with van der Waals surface area (Å²) >= 11 is 0. The minimum atomic E-state index is -0.367. The first-order valence-corrected chi connectivity index (χ1v) is 14.3. The van der Waals surface area contributed by atoms with Crippen LogP contribution < -0.4 is 26.5 Å². The fourth-order valence-corrected chi connectivity index (χ4v) is 10.1. The molecule has 0 amide bonds. The van der Waals surface area contributed by atoms with Crippen LogP contribution in [-0.2, 0) is 0 Å². The van der Waals surface area contributed by atoms with Crippen LogP contribution in [0.25, 0.3) is 0 Å². The van der Waals surface area contributed by atoms with Crippen LogP contribution in [0.4, 0.5) is 0 Å². The van der Waals surface area contributed by atoms with Crippen molar-refractivity contribution >= 4 is 37.1 Å². The molecule has 1 heterocycles. The lowest BCUT2D eigenvalue weighted by molar-refractivity contribution is 0.672. The summed E-state index contributed by atoms with van der Waals surface area (Å²) in [7, 11) is -0.731. The molecule has 5 rings (SSSR count). The summed E-state index contributed by atoms with van der Waals surface area (Å²) in [5.74, 6) is 0. The third-order valence-corrected chi connectivity index (χ3v) is 11.7. The molecule has 1 nitrogen and oxygen atoms in total. The van der Waals surface area contributed by atoms with Gasteiger partial charge in [-0.15, -0.1) is 0 Å². The third-order valence-electron chi connectivity index (χ3n) is 6.17. The van der Waals surface area contributed by atoms with Crippen LogP contribution in [0.15, 0.2) is 121 Å². The molecule has 1 aliphatic heterocycles. The number of nitrogens with one attached hydrogen (secondary N) is 1. The Hall–Kier alpha value is -2.30. The van der Waals surface area contributed by atoms with Gasteiger partial charge in [-0.3, -0.25) is 0 Å². The molecule has 3 heteroatoms. The predicted octanol–water partition coefficient (Wildman–Crippen LogP) is 4.98. The Morgan fingerprint density at radius 3 is 1.41 bits per heavy atom. The van der Waals surface area contributed by atoms with Crippen molar-refractivity contribution < 1.29 is 0 Å². The lowest BCUT2D eigenvalue weighted by Crippen LogP contribution is -2.28. The van der Waals surface area contributed by atoms with Gasteiger partial charge in [-0.2, -0.15) is 0 Å². The van der Waals surface area contributed by atoms with Gasteiger partial charge in [-0.25, -0.2) is 0 Å². The van der Waals surface area contributed by atoms with Crippen LogP contribution in [0.3, 0.4) is 0 Å². The van der Waals surface area contributed by atoms with Crippen molar-refractivity contribution in [2.75, 3.05) is 12.7 Å². The zero-order valence-electron chi connectivity index (χ0n) is 18.2. The van der Waals surface area contributed by atoms with Crippen LogP contribution in [0.2, 0.25) is 0 Å². The van der Waals surface area contributed by atoms with Gasteiger partial charge < -0.3 is 5.32 Å². The highest BCUT2D eigenvalue weighted by Crippen LogP contribution is 2.45. The minimum absolute atomic E-state index is 0.364. The van der Waals surface area contributed by atoms with Crippen LogP contribution in [0, 0.1) is 0 Å². The van der Waals surface area contributed by atoms with Gasteiger partial charge in [0.15, 0.2) is 0 Å². The van der Waals surface area contributed by atoms with Gasteiger partial charge in [-0.05, 0) is 49.6 Å². The summed E-state index contributed by atoms with van der Waals surface area (Å²) in [6.07, 6.45) is 2.45. The Balaban J connectivity index is 1.38. The van der Waals surface area contributed by atoms with E-state index in [1.54, 1.807) is 0 Å². The monoisotopic (exact) mass is 453 g/mol. The second-order valence-corrected chi connectivity index (χ2v) is 13.1. The molecule has 4 aromatic rings. The molecule has 1 saturated heterocycles. The molecule has 2 atom stereocenters. The maximum atomic E-state index is 3.93. The van der Waals surface area contributed by atoms with E-state index in [9.17, 15) is 0 Å². The van der Waals surface area contributed by atoms with Gasteiger partial charge in [0.2, 0.25) is 0 Å². The van der Waals surface area contributed by atoms with Crippen LogP contribution in [-0.4, -0.2) is 24.4 Å². The highest BCUT2D eigenvalue weighted by molar-refractivity contribution is 7.74. The van der Waals surface area contributed by atoms with Gasteiger partial charge in [0.05, 0.1) is 0 Å². The lowest BCUT2D eigenvalue weighted by Gasteiger charge is -2.26. The minimum Gasteiger partial charge on any atom is -0.313 e. The molecule has 0 spiro atoms. The molecule has 1 unspecified atom stereocenters. The molecular formula is C29H29NP2. The van der Waals surface area contributed by atoms with Crippen molar-refractivity contribution in [2.24, 2.45) is 0 Å². The maximum Gasteiger partial charge on any atom is 0.0119 e. The number of hydrogen-bond donors (Lipinski definition) is 1. The summed E-state index contributed by atoms with van der Waals surface area (Å²) in [6.45, 7) is 1.10. The van der Waals surface area contributed by atoms with E-state index in [4.69, 9.17) is 0 Å². The smallest absolute Gasteiger partial charge is 0.0119 e. The fourth-order valence-electron chi connectivity index (χ4n) is 4.68. The first kappa shape index (κ1) is 21.5. The Labute approximate surface area is 194 Å². The molecule has 1 fully saturated rings. The summed E-state index contributed by atoms with van der Waals surface area (Å²) < 4.78 is 0. The molecule has 32 heavy (non-hydrogen) atoms. The predicted molar refractivity (Wildman–Crippen MR) is 143 cm³/mol. The summed E-state index contributed by atoms with van der Waals surface area (Å²) in [6, 6.07) is 45.1. The molecule has 0 saturated carbocycles. The Morgan fingerprint density at radius 1 is 0.562 bits per heavy atom. The van der Waals surface area contributed by atoms with Crippen molar-refractivity contribution in [1.82, 2.24) is 5.32 Å². The summed E-state index contributed by atoms with van der Waals surface area (Å²) in [5, 5.41) is 9.88. The van der Waals surface area contributed by atoms with E-state index in [0.717, 1.165) is 6.54 Å². The second-order valence-electron chi connectivity index (χ2n) is 8.32. The zero-order chi connectivity index (χ0) is 21.6. The molecule has 0 bridgehead atoms. The molecule has 1 aliphatic rings. The summed E-state index contributed by atoms with van der Waals surface area (Å²) in [5.41, 5.74) is 0.670. The standard InChI is InChI=1S/C29H29NP2/c1-5-13-25(14-6-1)31(26-15-7-2-8-16-26)23-24-21-29(22-30-24)32(27-17-9-3-10-18-27)28-19-11-4-12-20-28/h1-20,24,29-30H,21-23H2/t24-,29?/m0/s1. The molecule has 160 valence electrons. The van der Waals surface area contributed by atoms with Crippen LogP contribution in [0.5, 0.6) is 0 Å². The Bertz CT molecular complexity index is 1010. The average molecular weight is 454 g/mol. The first-order chi connectivity index (χ1) is 15.9. The van der Waals surface area contributed by atoms with Gasteiger partial charge in [-0.1, -0.05) is 121 Å². The van der Waals surface area contributed by atoms with E-state index in [0.29, 0.717) is 11.7 Å². The van der Waals surface area contributed by atoms with Gasteiger partial charge >= 0.3 is 0 Å². The Kier molecular flexibility index (Phi) is 7.10. The normalized spacial score (nSPS) is 18.3. The van der Waals surface area contributed by atoms with Gasteiger partial charge in [0.25, 0.3) is 0 Å². The molecular weight excluding hydrogens is 424 g/mol. The van der Waals surface area contributed by atoms with E-state index >= 15 is 0 Å². The third kappa shape index (κ3) is 5.02. The number of rotatable bonds is 7. The largest absolute Gasteiger partial charge is 0.313 e. The average Bonchev–Trinajstić information content (AvgIpc) is 3.33. The van der Waals surface area contributed by atoms with Crippen molar-refractivity contribution in [3.8, 4) is 0 Å². The summed E-state index contributed by atoms with van der Waals surface area (Å²) in [4.78, 5) is 0. The maximum absolute atomic E-state index is 3.93. The number of hydrogen-bond acceptors (Lipinski definition) is 1. The van der Waals surface area contributed by atoms with Crippen LogP contribution in [0.1, 0.15) is 6.42 Å². The highest BCUT2D eigenvalue weighted by atomic mass is 31.1. The van der Waals surface area contributed by atoms with Crippen molar-refractivity contribution in [2.45, 2.75) is 18.1 Å². The second kappa shape index (κ2) is 10.5. The Morgan fingerprint density at radius 2 is 0.969 bits per heavy atom. The topological polar surface area (TPSA) is 12.0 Å².